The van der Waals surface area contributed by atoms with Crippen LogP contribution in [0, 0.1) is 11.8 Å². The first-order valence-corrected chi connectivity index (χ1v) is 7.52. The van der Waals surface area contributed by atoms with Crippen LogP contribution in [0.4, 0.5) is 0 Å². The van der Waals surface area contributed by atoms with E-state index in [0.29, 0.717) is 18.3 Å². The van der Waals surface area contributed by atoms with Gasteiger partial charge in [-0.05, 0) is 62.3 Å². The summed E-state index contributed by atoms with van der Waals surface area (Å²) >= 11 is 0. The molecule has 0 aromatic heterocycles. The van der Waals surface area contributed by atoms with Gasteiger partial charge < -0.3 is 9.47 Å². The highest BCUT2D eigenvalue weighted by Gasteiger charge is 2.25. The van der Waals surface area contributed by atoms with Gasteiger partial charge in [-0.25, -0.2) is 4.79 Å². The van der Waals surface area contributed by atoms with Crippen molar-refractivity contribution in [3.63, 3.8) is 0 Å². The van der Waals surface area contributed by atoms with Gasteiger partial charge in [-0.3, -0.25) is 0 Å². The average molecular weight is 276 g/mol. The summed E-state index contributed by atoms with van der Waals surface area (Å²) in [7, 11) is 0. The van der Waals surface area contributed by atoms with Crippen LogP contribution in [-0.2, 0) is 4.74 Å². The van der Waals surface area contributed by atoms with Crippen molar-refractivity contribution < 1.29 is 14.3 Å². The third-order valence-electron chi connectivity index (χ3n) is 3.80. The van der Waals surface area contributed by atoms with Gasteiger partial charge >= 0.3 is 5.97 Å². The van der Waals surface area contributed by atoms with Gasteiger partial charge in [0.1, 0.15) is 5.75 Å². The molecule has 1 aliphatic rings. The minimum absolute atomic E-state index is 0.279. The first kappa shape index (κ1) is 14.9. The molecule has 3 heteroatoms. The molecule has 0 N–H and O–H groups in total. The molecule has 0 spiro atoms. The zero-order chi connectivity index (χ0) is 14.5. The van der Waals surface area contributed by atoms with E-state index in [1.165, 1.54) is 6.42 Å². The molecule has 1 aromatic rings. The first-order chi connectivity index (χ1) is 9.58. The largest absolute Gasteiger partial charge is 0.490 e. The lowest BCUT2D eigenvalue weighted by Gasteiger charge is -2.31. The topological polar surface area (TPSA) is 35.5 Å². The molecule has 1 fully saturated rings. The van der Waals surface area contributed by atoms with E-state index < -0.39 is 0 Å². The fourth-order valence-electron chi connectivity index (χ4n) is 3.05. The maximum atomic E-state index is 11.6. The molecule has 2 rings (SSSR count). The summed E-state index contributed by atoms with van der Waals surface area (Å²) < 4.78 is 11.0. The molecule has 20 heavy (non-hydrogen) atoms. The van der Waals surface area contributed by atoms with Crippen LogP contribution in [0.15, 0.2) is 24.3 Å². The van der Waals surface area contributed by atoms with Crippen LogP contribution in [0.2, 0.25) is 0 Å². The van der Waals surface area contributed by atoms with Gasteiger partial charge in [0.15, 0.2) is 0 Å². The van der Waals surface area contributed by atoms with E-state index in [0.717, 1.165) is 30.4 Å². The van der Waals surface area contributed by atoms with Gasteiger partial charge in [0.2, 0.25) is 0 Å². The molecule has 2 atom stereocenters. The highest BCUT2D eigenvalue weighted by Crippen LogP contribution is 2.31. The predicted molar refractivity (Wildman–Crippen MR) is 79.0 cm³/mol. The van der Waals surface area contributed by atoms with E-state index >= 15 is 0 Å². The zero-order valence-corrected chi connectivity index (χ0v) is 12.6. The Balaban J connectivity index is 1.95. The quantitative estimate of drug-likeness (QED) is 0.778. The maximum Gasteiger partial charge on any atom is 0.338 e. The minimum Gasteiger partial charge on any atom is -0.490 e. The second kappa shape index (κ2) is 6.78. The Hall–Kier alpha value is -1.51. The SMILES string of the molecule is CCOC(=O)c1ccc(OC2CC(C)CC(C)C2)cc1. The molecule has 1 saturated carbocycles. The van der Waals surface area contributed by atoms with Crippen molar-refractivity contribution in [3.8, 4) is 5.75 Å². The molecular formula is C17H24O3. The van der Waals surface area contributed by atoms with Gasteiger partial charge in [-0.15, -0.1) is 0 Å². The third-order valence-corrected chi connectivity index (χ3v) is 3.80. The van der Waals surface area contributed by atoms with E-state index in [9.17, 15) is 4.79 Å². The lowest BCUT2D eigenvalue weighted by Crippen LogP contribution is -2.28. The number of esters is 1. The highest BCUT2D eigenvalue weighted by molar-refractivity contribution is 5.89. The third kappa shape index (κ3) is 3.99. The fraction of sp³-hybridized carbons (Fsp3) is 0.588. The summed E-state index contributed by atoms with van der Waals surface area (Å²) in [5, 5.41) is 0. The van der Waals surface area contributed by atoms with Crippen molar-refractivity contribution in [1.29, 1.82) is 0 Å². The zero-order valence-electron chi connectivity index (χ0n) is 12.6. The van der Waals surface area contributed by atoms with Crippen molar-refractivity contribution in [2.24, 2.45) is 11.8 Å². The molecule has 0 saturated heterocycles. The van der Waals surface area contributed by atoms with Crippen LogP contribution < -0.4 is 4.74 Å². The second-order valence-electron chi connectivity index (χ2n) is 5.90. The number of benzene rings is 1. The number of hydrogen-bond donors (Lipinski definition) is 0. The maximum absolute atomic E-state index is 11.6. The normalized spacial score (nSPS) is 26.1. The molecule has 110 valence electrons. The molecule has 0 amide bonds. The molecule has 2 unspecified atom stereocenters. The summed E-state index contributed by atoms with van der Waals surface area (Å²) in [6, 6.07) is 7.25. The number of carbonyl (C=O) groups is 1. The summed E-state index contributed by atoms with van der Waals surface area (Å²) in [5.74, 6) is 2.01. The Kier molecular flexibility index (Phi) is 5.05. The summed E-state index contributed by atoms with van der Waals surface area (Å²) in [5.41, 5.74) is 0.574. The molecule has 0 heterocycles. The lowest BCUT2D eigenvalue weighted by molar-refractivity contribution is 0.0526. The molecule has 0 aliphatic heterocycles. The Morgan fingerprint density at radius 3 is 2.25 bits per heavy atom. The van der Waals surface area contributed by atoms with E-state index in [2.05, 4.69) is 13.8 Å². The summed E-state index contributed by atoms with van der Waals surface area (Å²) in [6.45, 7) is 6.78. The van der Waals surface area contributed by atoms with E-state index in [4.69, 9.17) is 9.47 Å². The number of carbonyl (C=O) groups excluding carboxylic acids is 1. The van der Waals surface area contributed by atoms with Gasteiger partial charge in [-0.2, -0.15) is 0 Å². The molecule has 1 aliphatic carbocycles. The first-order valence-electron chi connectivity index (χ1n) is 7.52. The van der Waals surface area contributed by atoms with Crippen molar-refractivity contribution in [2.45, 2.75) is 46.1 Å². The number of ether oxygens (including phenoxy) is 2. The number of rotatable bonds is 4. The van der Waals surface area contributed by atoms with E-state index in [1.54, 1.807) is 19.1 Å². The van der Waals surface area contributed by atoms with Crippen LogP contribution in [0.3, 0.4) is 0 Å². The van der Waals surface area contributed by atoms with Crippen LogP contribution in [0.1, 0.15) is 50.4 Å². The van der Waals surface area contributed by atoms with Crippen LogP contribution in [0.5, 0.6) is 5.75 Å². The van der Waals surface area contributed by atoms with E-state index in [-0.39, 0.29) is 5.97 Å². The molecule has 0 radical (unpaired) electrons. The highest BCUT2D eigenvalue weighted by atomic mass is 16.5. The lowest BCUT2D eigenvalue weighted by atomic mass is 9.82. The van der Waals surface area contributed by atoms with Crippen LogP contribution in [-0.4, -0.2) is 18.7 Å². The van der Waals surface area contributed by atoms with Crippen molar-refractivity contribution in [1.82, 2.24) is 0 Å². The smallest absolute Gasteiger partial charge is 0.338 e. The summed E-state index contributed by atoms with van der Waals surface area (Å²) in [6.07, 6.45) is 3.82. The standard InChI is InChI=1S/C17H24O3/c1-4-19-17(18)14-5-7-15(8-6-14)20-16-10-12(2)9-13(3)11-16/h5-8,12-13,16H,4,9-11H2,1-3H3. The minimum atomic E-state index is -0.279. The number of hydrogen-bond acceptors (Lipinski definition) is 3. The van der Waals surface area contributed by atoms with E-state index in [1.807, 2.05) is 12.1 Å². The fourth-order valence-corrected chi connectivity index (χ4v) is 3.05. The molecular weight excluding hydrogens is 252 g/mol. The molecule has 0 bridgehead atoms. The second-order valence-corrected chi connectivity index (χ2v) is 5.90. The van der Waals surface area contributed by atoms with Crippen molar-refractivity contribution in [2.75, 3.05) is 6.61 Å². The van der Waals surface area contributed by atoms with Gasteiger partial charge in [0.25, 0.3) is 0 Å². The van der Waals surface area contributed by atoms with Gasteiger partial charge in [0.05, 0.1) is 18.3 Å². The Morgan fingerprint density at radius 2 is 1.70 bits per heavy atom. The van der Waals surface area contributed by atoms with Crippen molar-refractivity contribution >= 4 is 5.97 Å². The van der Waals surface area contributed by atoms with Crippen LogP contribution >= 0.6 is 0 Å². The van der Waals surface area contributed by atoms with Gasteiger partial charge in [-0.1, -0.05) is 13.8 Å². The van der Waals surface area contributed by atoms with Crippen LogP contribution in [0.25, 0.3) is 0 Å². The van der Waals surface area contributed by atoms with Gasteiger partial charge in [0, 0.05) is 0 Å². The predicted octanol–water partition coefficient (Wildman–Crippen LogP) is 4.07. The average Bonchev–Trinajstić information content (AvgIpc) is 2.38. The summed E-state index contributed by atoms with van der Waals surface area (Å²) in [4.78, 5) is 11.6. The Bertz CT molecular complexity index is 428. The molecule has 3 nitrogen and oxygen atoms in total. The Labute approximate surface area is 121 Å². The molecule has 1 aromatic carbocycles. The van der Waals surface area contributed by atoms with Crippen molar-refractivity contribution in [3.05, 3.63) is 29.8 Å². The Morgan fingerprint density at radius 1 is 1.10 bits per heavy atom. The monoisotopic (exact) mass is 276 g/mol.